The van der Waals surface area contributed by atoms with Gasteiger partial charge in [-0.15, -0.1) is 0 Å². The average Bonchev–Trinajstić information content (AvgIpc) is 2.55. The smallest absolute Gasteiger partial charge is 0.409 e. The van der Waals surface area contributed by atoms with Gasteiger partial charge in [0.25, 0.3) is 0 Å². The molecule has 12 nitrogen and oxygen atoms in total. The van der Waals surface area contributed by atoms with Crippen LogP contribution in [0, 0.1) is 0 Å². The van der Waals surface area contributed by atoms with Gasteiger partial charge in [-0.25, -0.2) is 4.79 Å². The molecule has 31 heavy (non-hydrogen) atoms. The zero-order valence-electron chi connectivity index (χ0n) is 18.6. The van der Waals surface area contributed by atoms with Gasteiger partial charge in [0.1, 0.15) is 18.3 Å². The predicted molar refractivity (Wildman–Crippen MR) is 101 cm³/mol. The van der Waals surface area contributed by atoms with Crippen molar-refractivity contribution >= 4 is 30.0 Å². The monoisotopic (exact) mass is 447 g/mol. The summed E-state index contributed by atoms with van der Waals surface area (Å²) in [4.78, 5) is 58.6. The molecule has 5 atom stereocenters. The predicted octanol–water partition coefficient (Wildman–Crippen LogP) is 0.594. The first-order valence-corrected chi connectivity index (χ1v) is 9.49. The number of carbonyl (C=O) groups is 5. The highest BCUT2D eigenvalue weighted by Crippen LogP contribution is 2.28. The van der Waals surface area contributed by atoms with Crippen LogP contribution in [0.5, 0.6) is 0 Å². The van der Waals surface area contributed by atoms with Crippen molar-refractivity contribution in [3.63, 3.8) is 0 Å². The van der Waals surface area contributed by atoms with Gasteiger partial charge in [-0.1, -0.05) is 0 Å². The second-order valence-electron chi connectivity index (χ2n) is 7.77. The summed E-state index contributed by atoms with van der Waals surface area (Å²) in [5.74, 6) is -2.95. The minimum Gasteiger partial charge on any atom is -0.463 e. The molecular formula is C19H29NO11. The Hall–Kier alpha value is -2.89. The van der Waals surface area contributed by atoms with Crippen LogP contribution in [-0.2, 0) is 47.6 Å². The van der Waals surface area contributed by atoms with Crippen molar-refractivity contribution in [1.82, 2.24) is 5.32 Å². The molecule has 0 bridgehead atoms. The standard InChI is InChI=1S/C19H29NO11/c1-9(21)26-8-13-14(27-10(2)22)15(28-11(3)23)16(29-12(4)24)17(30-13)20-18(25)31-19(5,6)7/h13-17H,8H2,1-7H3,(H,20,25)/t13-,14+,15+,16-,17-/m1/s1. The zero-order valence-corrected chi connectivity index (χ0v) is 18.6. The number of nitrogens with one attached hydrogen (secondary N) is 1. The lowest BCUT2D eigenvalue weighted by molar-refractivity contribution is -0.256. The number of amides is 1. The topological polar surface area (TPSA) is 153 Å². The van der Waals surface area contributed by atoms with Crippen LogP contribution >= 0.6 is 0 Å². The third-order valence-corrected chi connectivity index (χ3v) is 3.65. The van der Waals surface area contributed by atoms with Crippen molar-refractivity contribution in [2.75, 3.05) is 6.61 Å². The third kappa shape index (κ3) is 9.20. The van der Waals surface area contributed by atoms with Crippen LogP contribution in [0.2, 0.25) is 0 Å². The first-order valence-electron chi connectivity index (χ1n) is 9.49. The molecule has 0 aromatic heterocycles. The van der Waals surface area contributed by atoms with Gasteiger partial charge in [-0.05, 0) is 20.8 Å². The molecule has 1 fully saturated rings. The normalized spacial score (nSPS) is 25.6. The molecule has 0 saturated carbocycles. The maximum absolute atomic E-state index is 12.3. The van der Waals surface area contributed by atoms with Crippen molar-refractivity contribution in [2.45, 2.75) is 84.7 Å². The summed E-state index contributed by atoms with van der Waals surface area (Å²) in [5.41, 5.74) is -0.845. The second kappa shape index (κ2) is 10.9. The Balaban J connectivity index is 3.32. The Morgan fingerprint density at radius 1 is 0.774 bits per heavy atom. The van der Waals surface area contributed by atoms with E-state index in [1.54, 1.807) is 20.8 Å². The van der Waals surface area contributed by atoms with Crippen LogP contribution in [-0.4, -0.2) is 72.8 Å². The molecule has 1 amide bonds. The van der Waals surface area contributed by atoms with Crippen LogP contribution in [0.1, 0.15) is 48.5 Å². The highest BCUT2D eigenvalue weighted by atomic mass is 16.7. The van der Waals surface area contributed by atoms with Crippen molar-refractivity contribution in [1.29, 1.82) is 0 Å². The van der Waals surface area contributed by atoms with E-state index in [1.165, 1.54) is 0 Å². The molecule has 1 heterocycles. The van der Waals surface area contributed by atoms with Crippen molar-refractivity contribution in [2.24, 2.45) is 0 Å². The van der Waals surface area contributed by atoms with E-state index in [0.29, 0.717) is 0 Å². The Kier molecular flexibility index (Phi) is 9.22. The quantitative estimate of drug-likeness (QED) is 0.450. The number of hydrogen-bond donors (Lipinski definition) is 1. The molecule has 1 saturated heterocycles. The molecule has 1 aliphatic heterocycles. The SMILES string of the molecule is CC(=O)OC[C@H]1O[C@@H](NC(=O)OC(C)(C)C)[C@H](OC(C)=O)[C@@H](OC(C)=O)[C@H]1OC(C)=O. The summed E-state index contributed by atoms with van der Waals surface area (Å²) in [7, 11) is 0. The van der Waals surface area contributed by atoms with Gasteiger partial charge in [0.2, 0.25) is 0 Å². The molecule has 12 heteroatoms. The second-order valence-corrected chi connectivity index (χ2v) is 7.77. The fourth-order valence-electron chi connectivity index (χ4n) is 2.77. The molecule has 176 valence electrons. The number of rotatable bonds is 6. The Morgan fingerprint density at radius 2 is 1.26 bits per heavy atom. The minimum atomic E-state index is -1.40. The molecule has 0 unspecified atom stereocenters. The number of hydrogen-bond acceptors (Lipinski definition) is 11. The van der Waals surface area contributed by atoms with Crippen molar-refractivity contribution in [3.8, 4) is 0 Å². The largest absolute Gasteiger partial charge is 0.463 e. The maximum atomic E-state index is 12.3. The highest BCUT2D eigenvalue weighted by molar-refractivity contribution is 5.70. The van der Waals surface area contributed by atoms with Gasteiger partial charge in [-0.2, -0.15) is 0 Å². The average molecular weight is 447 g/mol. The third-order valence-electron chi connectivity index (χ3n) is 3.65. The molecule has 0 aromatic carbocycles. The van der Waals surface area contributed by atoms with E-state index in [0.717, 1.165) is 27.7 Å². The lowest BCUT2D eigenvalue weighted by Gasteiger charge is -2.44. The lowest BCUT2D eigenvalue weighted by Crippen LogP contribution is -2.66. The van der Waals surface area contributed by atoms with Crippen LogP contribution in [0.3, 0.4) is 0 Å². The summed E-state index contributed by atoms with van der Waals surface area (Å²) in [5, 5.41) is 2.39. The number of carbonyl (C=O) groups excluding carboxylic acids is 5. The van der Waals surface area contributed by atoms with Gasteiger partial charge in [-0.3, -0.25) is 24.5 Å². The van der Waals surface area contributed by atoms with E-state index < -0.39 is 72.8 Å². The molecule has 0 aromatic rings. The zero-order chi connectivity index (χ0) is 23.9. The van der Waals surface area contributed by atoms with Gasteiger partial charge >= 0.3 is 30.0 Å². The molecule has 1 aliphatic rings. The fourth-order valence-corrected chi connectivity index (χ4v) is 2.77. The van der Waals surface area contributed by atoms with E-state index in [2.05, 4.69) is 5.32 Å². The van der Waals surface area contributed by atoms with Crippen LogP contribution in [0.15, 0.2) is 0 Å². The van der Waals surface area contributed by atoms with E-state index in [9.17, 15) is 24.0 Å². The minimum absolute atomic E-state index is 0.398. The Bertz CT molecular complexity index is 699. The van der Waals surface area contributed by atoms with Crippen LogP contribution in [0.25, 0.3) is 0 Å². The molecule has 1 N–H and O–H groups in total. The van der Waals surface area contributed by atoms with E-state index in [-0.39, 0.29) is 0 Å². The number of esters is 4. The van der Waals surface area contributed by atoms with E-state index >= 15 is 0 Å². The highest BCUT2D eigenvalue weighted by Gasteiger charge is 2.52. The molecule has 0 radical (unpaired) electrons. The van der Waals surface area contributed by atoms with Gasteiger partial charge < -0.3 is 28.4 Å². The van der Waals surface area contributed by atoms with E-state index in [1.807, 2.05) is 0 Å². The number of ether oxygens (including phenoxy) is 6. The maximum Gasteiger partial charge on any atom is 0.409 e. The van der Waals surface area contributed by atoms with Crippen molar-refractivity contribution < 1.29 is 52.4 Å². The van der Waals surface area contributed by atoms with Gasteiger partial charge in [0, 0.05) is 27.7 Å². The molecule has 0 aliphatic carbocycles. The van der Waals surface area contributed by atoms with Gasteiger partial charge in [0.05, 0.1) is 0 Å². The first kappa shape index (κ1) is 26.1. The Morgan fingerprint density at radius 3 is 1.71 bits per heavy atom. The molecule has 0 spiro atoms. The van der Waals surface area contributed by atoms with Gasteiger partial charge in [0.15, 0.2) is 24.5 Å². The summed E-state index contributed by atoms with van der Waals surface area (Å²) < 4.78 is 31.6. The van der Waals surface area contributed by atoms with Crippen LogP contribution < -0.4 is 5.32 Å². The Labute approximate surface area is 179 Å². The molecule has 1 rings (SSSR count). The lowest BCUT2D eigenvalue weighted by atomic mass is 9.97. The summed E-state index contributed by atoms with van der Waals surface area (Å²) in [6, 6.07) is 0. The van der Waals surface area contributed by atoms with E-state index in [4.69, 9.17) is 28.4 Å². The molecular weight excluding hydrogens is 418 g/mol. The summed E-state index contributed by atoms with van der Waals surface area (Å²) in [6.45, 7) is 8.98. The summed E-state index contributed by atoms with van der Waals surface area (Å²) >= 11 is 0. The van der Waals surface area contributed by atoms with Crippen LogP contribution in [0.4, 0.5) is 4.79 Å². The first-order chi connectivity index (χ1) is 14.2. The summed E-state index contributed by atoms with van der Waals surface area (Å²) in [6.07, 6.45) is -7.53. The number of alkyl carbamates (subject to hydrolysis) is 1. The van der Waals surface area contributed by atoms with Crippen molar-refractivity contribution in [3.05, 3.63) is 0 Å². The fraction of sp³-hybridized carbons (Fsp3) is 0.737.